The third-order valence-electron chi connectivity index (χ3n) is 2.68. The van der Waals surface area contributed by atoms with Gasteiger partial charge in [0.25, 0.3) is 0 Å². The Labute approximate surface area is 116 Å². The van der Waals surface area contributed by atoms with Crippen molar-refractivity contribution in [2.75, 3.05) is 11.9 Å². The van der Waals surface area contributed by atoms with Crippen LogP contribution in [0.2, 0.25) is 0 Å². The van der Waals surface area contributed by atoms with Crippen LogP contribution in [0.5, 0.6) is 0 Å². The molecule has 1 atom stereocenters. The maximum Gasteiger partial charge on any atom is 0.249 e. The van der Waals surface area contributed by atoms with Crippen molar-refractivity contribution >= 4 is 11.6 Å². The highest BCUT2D eigenvalue weighted by molar-refractivity contribution is 5.93. The van der Waals surface area contributed by atoms with Gasteiger partial charge in [-0.1, -0.05) is 11.8 Å². The minimum Gasteiger partial charge on any atom is -0.384 e. The molecule has 102 valence electrons. The van der Waals surface area contributed by atoms with Crippen molar-refractivity contribution in [2.24, 2.45) is 0 Å². The van der Waals surface area contributed by atoms with Gasteiger partial charge in [0.1, 0.15) is 25.3 Å². The second-order valence-corrected chi connectivity index (χ2v) is 4.08. The summed E-state index contributed by atoms with van der Waals surface area (Å²) >= 11 is 0. The number of rotatable bonds is 3. The Morgan fingerprint density at radius 3 is 2.80 bits per heavy atom. The molecule has 0 spiro atoms. The van der Waals surface area contributed by atoms with Gasteiger partial charge in [0, 0.05) is 11.3 Å². The molecule has 1 amide bonds. The molecule has 1 unspecified atom stereocenters. The van der Waals surface area contributed by atoms with E-state index in [1.54, 1.807) is 31.2 Å². The Morgan fingerprint density at radius 1 is 1.45 bits per heavy atom. The van der Waals surface area contributed by atoms with Crippen LogP contribution in [0.15, 0.2) is 36.9 Å². The van der Waals surface area contributed by atoms with Crippen LogP contribution >= 0.6 is 0 Å². The highest BCUT2D eigenvalue weighted by Gasteiger charge is 2.15. The topological polar surface area (TPSA) is 80.0 Å². The van der Waals surface area contributed by atoms with Crippen LogP contribution in [-0.2, 0) is 4.79 Å². The number of hydrogen-bond acceptors (Lipinski definition) is 4. The molecule has 6 heteroatoms. The van der Waals surface area contributed by atoms with Gasteiger partial charge >= 0.3 is 0 Å². The van der Waals surface area contributed by atoms with Gasteiger partial charge in [0.2, 0.25) is 5.91 Å². The fourth-order valence-electron chi connectivity index (χ4n) is 1.56. The number of benzene rings is 1. The molecule has 2 rings (SSSR count). The van der Waals surface area contributed by atoms with Crippen LogP contribution in [0.3, 0.4) is 0 Å². The fourth-order valence-corrected chi connectivity index (χ4v) is 1.56. The average molecular weight is 270 g/mol. The summed E-state index contributed by atoms with van der Waals surface area (Å²) in [5.41, 5.74) is 1.46. The number of aromatic nitrogens is 3. The van der Waals surface area contributed by atoms with E-state index in [4.69, 9.17) is 5.11 Å². The Morgan fingerprint density at radius 2 is 2.20 bits per heavy atom. The number of aliphatic hydroxyl groups excluding tert-OH is 1. The predicted octanol–water partition coefficient (Wildman–Crippen LogP) is 0.822. The summed E-state index contributed by atoms with van der Waals surface area (Å²) in [7, 11) is 0. The van der Waals surface area contributed by atoms with E-state index < -0.39 is 6.04 Å². The molecule has 2 aromatic rings. The standard InChI is InChI=1S/C14H14N4O2/c1-11(18-10-15-9-16-18)14(20)17-13-6-4-12(5-7-13)3-2-8-19/h4-7,9-11,19H,8H2,1H3,(H,17,20). The van der Waals surface area contributed by atoms with Crippen LogP contribution in [-0.4, -0.2) is 32.4 Å². The molecule has 20 heavy (non-hydrogen) atoms. The average Bonchev–Trinajstić information content (AvgIpc) is 3.00. The van der Waals surface area contributed by atoms with Gasteiger partial charge in [0.05, 0.1) is 0 Å². The van der Waals surface area contributed by atoms with E-state index in [0.29, 0.717) is 5.69 Å². The maximum absolute atomic E-state index is 12.0. The minimum absolute atomic E-state index is 0.173. The predicted molar refractivity (Wildman–Crippen MR) is 73.8 cm³/mol. The molecular formula is C14H14N4O2. The van der Waals surface area contributed by atoms with E-state index >= 15 is 0 Å². The van der Waals surface area contributed by atoms with Crippen LogP contribution in [0, 0.1) is 11.8 Å². The van der Waals surface area contributed by atoms with Gasteiger partial charge in [-0.3, -0.25) is 4.79 Å². The molecule has 0 saturated heterocycles. The van der Waals surface area contributed by atoms with Gasteiger partial charge in [0.15, 0.2) is 0 Å². The largest absolute Gasteiger partial charge is 0.384 e. The molecule has 6 nitrogen and oxygen atoms in total. The third-order valence-corrected chi connectivity index (χ3v) is 2.68. The molecule has 1 heterocycles. The van der Waals surface area contributed by atoms with E-state index in [1.165, 1.54) is 17.3 Å². The molecule has 0 radical (unpaired) electrons. The summed E-state index contributed by atoms with van der Waals surface area (Å²) < 4.78 is 1.48. The van der Waals surface area contributed by atoms with Crippen LogP contribution < -0.4 is 5.32 Å². The summed E-state index contributed by atoms with van der Waals surface area (Å²) in [6.45, 7) is 1.57. The molecule has 0 aliphatic rings. The van der Waals surface area contributed by atoms with E-state index in [-0.39, 0.29) is 12.5 Å². The number of nitrogens with zero attached hydrogens (tertiary/aromatic N) is 3. The first-order chi connectivity index (χ1) is 9.70. The van der Waals surface area contributed by atoms with Gasteiger partial charge < -0.3 is 10.4 Å². The van der Waals surface area contributed by atoms with E-state index in [1.807, 2.05) is 0 Å². The maximum atomic E-state index is 12.0. The summed E-state index contributed by atoms with van der Waals surface area (Å²) in [6.07, 6.45) is 2.89. The second kappa shape index (κ2) is 6.50. The van der Waals surface area contributed by atoms with Crippen molar-refractivity contribution in [1.29, 1.82) is 0 Å². The number of hydrogen-bond donors (Lipinski definition) is 2. The van der Waals surface area contributed by atoms with Gasteiger partial charge in [-0.05, 0) is 31.2 Å². The SMILES string of the molecule is CC(C(=O)Nc1ccc(C#CCO)cc1)n1cncn1. The summed E-state index contributed by atoms with van der Waals surface area (Å²) in [6, 6.07) is 6.63. The smallest absolute Gasteiger partial charge is 0.249 e. The Hall–Kier alpha value is -2.65. The van der Waals surface area contributed by atoms with Crippen molar-refractivity contribution in [3.8, 4) is 11.8 Å². The lowest BCUT2D eigenvalue weighted by molar-refractivity contribution is -0.119. The summed E-state index contributed by atoms with van der Waals surface area (Å²) in [4.78, 5) is 15.8. The van der Waals surface area contributed by atoms with Crippen molar-refractivity contribution in [1.82, 2.24) is 14.8 Å². The zero-order valence-corrected chi connectivity index (χ0v) is 10.9. The Bertz CT molecular complexity index is 623. The van der Waals surface area contributed by atoms with Crippen molar-refractivity contribution in [2.45, 2.75) is 13.0 Å². The molecule has 0 fully saturated rings. The highest BCUT2D eigenvalue weighted by atomic mass is 16.2. The van der Waals surface area contributed by atoms with Gasteiger partial charge in [-0.2, -0.15) is 5.10 Å². The monoisotopic (exact) mass is 270 g/mol. The highest BCUT2D eigenvalue weighted by Crippen LogP contribution is 2.12. The Kier molecular flexibility index (Phi) is 4.47. The Balaban J connectivity index is 2.01. The van der Waals surface area contributed by atoms with E-state index in [0.717, 1.165) is 5.56 Å². The van der Waals surface area contributed by atoms with Crippen LogP contribution in [0.25, 0.3) is 0 Å². The second-order valence-electron chi connectivity index (χ2n) is 4.08. The lowest BCUT2D eigenvalue weighted by Gasteiger charge is -2.11. The summed E-state index contributed by atoms with van der Waals surface area (Å²) in [5.74, 6) is 5.17. The molecule has 2 N–H and O–H groups in total. The lowest BCUT2D eigenvalue weighted by Crippen LogP contribution is -2.23. The molecule has 1 aromatic carbocycles. The zero-order chi connectivity index (χ0) is 14.4. The molecule has 0 aliphatic carbocycles. The molecule has 1 aromatic heterocycles. The van der Waals surface area contributed by atoms with Crippen LogP contribution in [0.4, 0.5) is 5.69 Å². The number of anilines is 1. The van der Waals surface area contributed by atoms with Crippen molar-refractivity contribution in [3.63, 3.8) is 0 Å². The molecule has 0 bridgehead atoms. The minimum atomic E-state index is -0.439. The number of amides is 1. The van der Waals surface area contributed by atoms with E-state index in [9.17, 15) is 4.79 Å². The van der Waals surface area contributed by atoms with Crippen molar-refractivity contribution < 1.29 is 9.90 Å². The normalized spacial score (nSPS) is 11.3. The third kappa shape index (κ3) is 3.43. The van der Waals surface area contributed by atoms with Crippen LogP contribution in [0.1, 0.15) is 18.5 Å². The number of carbonyl (C=O) groups is 1. The molecular weight excluding hydrogens is 256 g/mol. The summed E-state index contributed by atoms with van der Waals surface area (Å²) in [5, 5.41) is 15.3. The number of aliphatic hydroxyl groups is 1. The van der Waals surface area contributed by atoms with E-state index in [2.05, 4.69) is 27.2 Å². The number of carbonyl (C=O) groups excluding carboxylic acids is 1. The first-order valence-corrected chi connectivity index (χ1v) is 6.05. The molecule has 0 aliphatic heterocycles. The molecule has 0 saturated carbocycles. The lowest BCUT2D eigenvalue weighted by atomic mass is 10.2. The fraction of sp³-hybridized carbons (Fsp3) is 0.214. The zero-order valence-electron chi connectivity index (χ0n) is 10.9. The quantitative estimate of drug-likeness (QED) is 0.809. The number of nitrogens with one attached hydrogen (secondary N) is 1. The first kappa shape index (κ1) is 13.8. The van der Waals surface area contributed by atoms with Crippen molar-refractivity contribution in [3.05, 3.63) is 42.5 Å². The van der Waals surface area contributed by atoms with Gasteiger partial charge in [-0.25, -0.2) is 9.67 Å². The van der Waals surface area contributed by atoms with Gasteiger partial charge in [-0.15, -0.1) is 0 Å². The first-order valence-electron chi connectivity index (χ1n) is 6.05.